The van der Waals surface area contributed by atoms with Gasteiger partial charge in [0, 0.05) is 38.8 Å². The topological polar surface area (TPSA) is 59.9 Å². The third kappa shape index (κ3) is 6.32. The van der Waals surface area contributed by atoms with E-state index in [0.29, 0.717) is 0 Å². The van der Waals surface area contributed by atoms with Gasteiger partial charge in [-0.1, -0.05) is 24.8 Å². The molecule has 32 heavy (non-hydrogen) atoms. The molecule has 2 saturated heterocycles. The van der Waals surface area contributed by atoms with E-state index in [1.54, 1.807) is 0 Å². The van der Waals surface area contributed by atoms with Crippen molar-refractivity contribution in [2.45, 2.75) is 51.9 Å². The lowest BCUT2D eigenvalue weighted by molar-refractivity contribution is -0.192. The van der Waals surface area contributed by atoms with Crippen molar-refractivity contribution >= 4 is 32.7 Å². The molecule has 0 unspecified atom stereocenters. The lowest BCUT2D eigenvalue weighted by Crippen LogP contribution is -2.47. The second-order valence-corrected chi connectivity index (χ2v) is 9.35. The van der Waals surface area contributed by atoms with E-state index in [1.165, 1.54) is 72.8 Å². The highest BCUT2D eigenvalue weighted by atomic mass is 32.1. The Morgan fingerprint density at radius 2 is 1.72 bits per heavy atom. The maximum Gasteiger partial charge on any atom is 0.490 e. The number of fused-ring (bicyclic) bond motifs is 1. The Hall–Kier alpha value is -1.91. The predicted octanol–water partition coefficient (Wildman–Crippen LogP) is 4.45. The molecule has 0 spiro atoms. The van der Waals surface area contributed by atoms with Gasteiger partial charge in [-0.15, -0.1) is 0 Å². The van der Waals surface area contributed by atoms with Gasteiger partial charge in [0.15, 0.2) is 5.13 Å². The number of halogens is 3. The Kier molecular flexibility index (Phi) is 8.00. The van der Waals surface area contributed by atoms with Crippen molar-refractivity contribution in [3.05, 3.63) is 23.8 Å². The van der Waals surface area contributed by atoms with Crippen molar-refractivity contribution in [1.29, 1.82) is 0 Å². The second-order valence-electron chi connectivity index (χ2n) is 8.34. The lowest BCUT2D eigenvalue weighted by atomic mass is 10.2. The normalized spacial score (nSPS) is 20.0. The number of anilines is 1. The molecular formula is C22H31F3N4O2S. The maximum atomic E-state index is 10.6. The van der Waals surface area contributed by atoms with E-state index in [9.17, 15) is 13.2 Å². The first-order chi connectivity index (χ1) is 14.8. The third-order valence-electron chi connectivity index (χ3n) is 5.94. The summed E-state index contributed by atoms with van der Waals surface area (Å²) in [6, 6.07) is 7.77. The summed E-state index contributed by atoms with van der Waals surface area (Å²) in [6.45, 7) is 8.31. The fourth-order valence-electron chi connectivity index (χ4n) is 4.11. The van der Waals surface area contributed by atoms with Crippen LogP contribution in [0, 0.1) is 0 Å². The van der Waals surface area contributed by atoms with Crippen LogP contribution >= 0.6 is 11.3 Å². The minimum absolute atomic E-state index is 0. The van der Waals surface area contributed by atoms with E-state index < -0.39 is 12.1 Å². The van der Waals surface area contributed by atoms with E-state index in [1.807, 2.05) is 11.3 Å². The second kappa shape index (κ2) is 10.4. The standard InChI is InChI=1S/C19H26N4S.C2HF3O2.CH4/c1-2-8-21(7-1)14-15-3-6-17-18(13-15)24-19(20-17)23-11-9-22(10-12-23)16-4-5-16;3-2(4,5)1(6)7;/h3,6,13,16H,1-2,4-5,7-12,14H2;(H,6,7);1H4. The number of rotatable bonds is 4. The fraction of sp³-hybridized carbons (Fsp3) is 0.636. The van der Waals surface area contributed by atoms with Crippen molar-refractivity contribution in [3.63, 3.8) is 0 Å². The maximum absolute atomic E-state index is 10.6. The number of hydrogen-bond acceptors (Lipinski definition) is 6. The highest BCUT2D eigenvalue weighted by Crippen LogP contribution is 2.32. The number of carboxylic acid groups (broad SMARTS) is 1. The van der Waals surface area contributed by atoms with Gasteiger partial charge < -0.3 is 10.0 Å². The van der Waals surface area contributed by atoms with Crippen LogP contribution in [0.3, 0.4) is 0 Å². The summed E-state index contributed by atoms with van der Waals surface area (Å²) in [5.74, 6) is -2.76. The van der Waals surface area contributed by atoms with Crippen molar-refractivity contribution in [2.24, 2.45) is 0 Å². The first-order valence-corrected chi connectivity index (χ1v) is 11.5. The SMILES string of the molecule is C.O=C(O)C(F)(F)F.c1cc2nc(N3CCN(C4CC4)CC3)sc2cc1CN1CCCC1. The van der Waals surface area contributed by atoms with Gasteiger partial charge in [-0.3, -0.25) is 9.80 Å². The largest absolute Gasteiger partial charge is 0.490 e. The van der Waals surface area contributed by atoms with Gasteiger partial charge in [0.2, 0.25) is 0 Å². The molecule has 3 fully saturated rings. The number of carboxylic acids is 1. The Morgan fingerprint density at radius 3 is 2.28 bits per heavy atom. The molecule has 5 rings (SSSR count). The molecule has 178 valence electrons. The molecule has 3 aliphatic rings. The molecule has 1 aromatic heterocycles. The summed E-state index contributed by atoms with van der Waals surface area (Å²) >= 11 is 1.88. The lowest BCUT2D eigenvalue weighted by Gasteiger charge is -2.34. The van der Waals surface area contributed by atoms with Crippen LogP contribution in [0.1, 0.15) is 38.7 Å². The van der Waals surface area contributed by atoms with Gasteiger partial charge >= 0.3 is 12.1 Å². The minimum Gasteiger partial charge on any atom is -0.475 e. The molecule has 1 aliphatic carbocycles. The number of carbonyl (C=O) groups is 1. The first kappa shape index (κ1) is 24.7. The summed E-state index contributed by atoms with van der Waals surface area (Å²) in [5.41, 5.74) is 2.61. The zero-order valence-corrected chi connectivity index (χ0v) is 18.1. The highest BCUT2D eigenvalue weighted by Gasteiger charge is 2.38. The zero-order valence-electron chi connectivity index (χ0n) is 17.3. The van der Waals surface area contributed by atoms with E-state index in [2.05, 4.69) is 32.9 Å². The van der Waals surface area contributed by atoms with Crippen molar-refractivity contribution < 1.29 is 23.1 Å². The highest BCUT2D eigenvalue weighted by molar-refractivity contribution is 7.22. The molecule has 0 radical (unpaired) electrons. The molecule has 0 bridgehead atoms. The van der Waals surface area contributed by atoms with E-state index in [-0.39, 0.29) is 7.43 Å². The molecule has 6 nitrogen and oxygen atoms in total. The van der Waals surface area contributed by atoms with Crippen LogP contribution in [0.25, 0.3) is 10.2 Å². The monoisotopic (exact) mass is 472 g/mol. The van der Waals surface area contributed by atoms with Gasteiger partial charge in [-0.05, 0) is 56.5 Å². The number of aromatic nitrogens is 1. The minimum atomic E-state index is -5.08. The number of likely N-dealkylation sites (tertiary alicyclic amines) is 1. The fourth-order valence-corrected chi connectivity index (χ4v) is 5.19. The average Bonchev–Trinajstić information content (AvgIpc) is 3.29. The van der Waals surface area contributed by atoms with Crippen LogP contribution in [0.5, 0.6) is 0 Å². The molecule has 2 aliphatic heterocycles. The van der Waals surface area contributed by atoms with Gasteiger partial charge in [0.25, 0.3) is 0 Å². The summed E-state index contributed by atoms with van der Waals surface area (Å²) in [5, 5.41) is 8.35. The number of thiazole rings is 1. The molecule has 0 amide bonds. The number of hydrogen-bond donors (Lipinski definition) is 1. The first-order valence-electron chi connectivity index (χ1n) is 10.7. The van der Waals surface area contributed by atoms with Gasteiger partial charge in [-0.2, -0.15) is 13.2 Å². The summed E-state index contributed by atoms with van der Waals surface area (Å²) < 4.78 is 33.1. The quantitative estimate of drug-likeness (QED) is 0.710. The summed E-state index contributed by atoms with van der Waals surface area (Å²) in [4.78, 5) is 21.5. The number of piperazine rings is 1. The van der Waals surface area contributed by atoms with Crippen LogP contribution in [0.2, 0.25) is 0 Å². The molecule has 1 N–H and O–H groups in total. The van der Waals surface area contributed by atoms with Crippen LogP contribution in [-0.4, -0.2) is 77.3 Å². The Morgan fingerprint density at radius 1 is 1.09 bits per heavy atom. The van der Waals surface area contributed by atoms with Crippen LogP contribution in [-0.2, 0) is 11.3 Å². The Balaban J connectivity index is 0.000000318. The van der Waals surface area contributed by atoms with Crippen LogP contribution in [0.15, 0.2) is 18.2 Å². The van der Waals surface area contributed by atoms with Crippen molar-refractivity contribution in [2.75, 3.05) is 44.2 Å². The van der Waals surface area contributed by atoms with E-state index in [4.69, 9.17) is 14.9 Å². The Bertz CT molecular complexity index is 902. The zero-order chi connectivity index (χ0) is 22.0. The van der Waals surface area contributed by atoms with Gasteiger partial charge in [0.1, 0.15) is 0 Å². The Labute approximate surface area is 190 Å². The number of alkyl halides is 3. The number of aliphatic carboxylic acids is 1. The molecular weight excluding hydrogens is 441 g/mol. The van der Waals surface area contributed by atoms with Gasteiger partial charge in [0.05, 0.1) is 10.2 Å². The van der Waals surface area contributed by atoms with E-state index >= 15 is 0 Å². The predicted molar refractivity (Wildman–Crippen MR) is 121 cm³/mol. The smallest absolute Gasteiger partial charge is 0.475 e. The molecule has 0 atom stereocenters. The van der Waals surface area contributed by atoms with E-state index in [0.717, 1.165) is 25.7 Å². The number of benzene rings is 1. The summed E-state index contributed by atoms with van der Waals surface area (Å²) in [7, 11) is 0. The van der Waals surface area contributed by atoms with Crippen LogP contribution in [0.4, 0.5) is 18.3 Å². The van der Waals surface area contributed by atoms with Crippen molar-refractivity contribution in [1.82, 2.24) is 14.8 Å². The molecule has 10 heteroatoms. The molecule has 1 aromatic carbocycles. The molecule has 3 heterocycles. The molecule has 1 saturated carbocycles. The van der Waals surface area contributed by atoms with Crippen LogP contribution < -0.4 is 4.90 Å². The third-order valence-corrected chi connectivity index (χ3v) is 7.02. The number of nitrogens with zero attached hydrogens (tertiary/aromatic N) is 4. The van der Waals surface area contributed by atoms with Gasteiger partial charge in [-0.25, -0.2) is 9.78 Å². The summed E-state index contributed by atoms with van der Waals surface area (Å²) in [6.07, 6.45) is 0.474. The molecule has 2 aromatic rings. The average molecular weight is 473 g/mol. The van der Waals surface area contributed by atoms with Crippen molar-refractivity contribution in [3.8, 4) is 0 Å².